The Morgan fingerprint density at radius 3 is 2.48 bits per heavy atom. The Morgan fingerprint density at radius 2 is 1.84 bits per heavy atom. The van der Waals surface area contributed by atoms with Crippen LogP contribution in [0.15, 0.2) is 51.7 Å². The Labute approximate surface area is 146 Å². The first-order chi connectivity index (χ1) is 12.0. The van der Waals surface area contributed by atoms with Gasteiger partial charge in [-0.05, 0) is 60.4 Å². The first-order valence-electron chi connectivity index (χ1n) is 8.23. The quantitative estimate of drug-likeness (QED) is 0.504. The van der Waals surface area contributed by atoms with E-state index < -0.39 is 0 Å². The Balaban J connectivity index is 1.97. The average Bonchev–Trinajstić information content (AvgIpc) is 2.59. The van der Waals surface area contributed by atoms with Gasteiger partial charge < -0.3 is 9.15 Å². The van der Waals surface area contributed by atoms with Gasteiger partial charge in [-0.25, -0.2) is 4.79 Å². The number of aryl methyl sites for hydroxylation is 1. The summed E-state index contributed by atoms with van der Waals surface area (Å²) in [7, 11) is 0. The summed E-state index contributed by atoms with van der Waals surface area (Å²) in [4.78, 5) is 22.6. The van der Waals surface area contributed by atoms with Gasteiger partial charge in [0.15, 0.2) is 0 Å². The molecule has 0 aliphatic heterocycles. The fourth-order valence-electron chi connectivity index (χ4n) is 2.94. The largest absolute Gasteiger partial charge is 0.489 e. The molecule has 25 heavy (non-hydrogen) atoms. The third-order valence-electron chi connectivity index (χ3n) is 4.25. The molecule has 0 aliphatic carbocycles. The minimum Gasteiger partial charge on any atom is -0.489 e. The van der Waals surface area contributed by atoms with Crippen LogP contribution in [0, 0.1) is 6.92 Å². The van der Waals surface area contributed by atoms with Crippen LogP contribution in [0.2, 0.25) is 0 Å². The van der Waals surface area contributed by atoms with Crippen molar-refractivity contribution in [3.8, 4) is 5.75 Å². The number of rotatable bonds is 5. The second-order valence-electron chi connectivity index (χ2n) is 6.43. The van der Waals surface area contributed by atoms with Gasteiger partial charge in [-0.3, -0.25) is 4.79 Å². The smallest absolute Gasteiger partial charge is 0.336 e. The lowest BCUT2D eigenvalue weighted by Crippen LogP contribution is -2.05. The number of ether oxygens (including phenoxy) is 1. The van der Waals surface area contributed by atoms with Crippen LogP contribution in [0.4, 0.5) is 0 Å². The first-order valence-corrected chi connectivity index (χ1v) is 8.23. The average molecular weight is 336 g/mol. The number of aldehydes is 1. The summed E-state index contributed by atoms with van der Waals surface area (Å²) in [5.41, 5.74) is 3.89. The fourth-order valence-corrected chi connectivity index (χ4v) is 2.94. The van der Waals surface area contributed by atoms with Crippen LogP contribution in [-0.2, 0) is 6.61 Å². The minimum absolute atomic E-state index is 0.253. The molecule has 0 saturated heterocycles. The zero-order valence-corrected chi connectivity index (χ0v) is 14.5. The molecule has 0 unspecified atom stereocenters. The van der Waals surface area contributed by atoms with Gasteiger partial charge >= 0.3 is 5.63 Å². The van der Waals surface area contributed by atoms with Gasteiger partial charge in [-0.15, -0.1) is 0 Å². The summed E-state index contributed by atoms with van der Waals surface area (Å²) in [5, 5.41) is 0.887. The highest BCUT2D eigenvalue weighted by molar-refractivity contribution is 5.82. The maximum absolute atomic E-state index is 11.9. The third-order valence-corrected chi connectivity index (χ3v) is 4.25. The summed E-state index contributed by atoms with van der Waals surface area (Å²) in [5.74, 6) is 1.02. The number of fused-ring (bicyclic) bond motifs is 1. The van der Waals surface area contributed by atoms with Crippen molar-refractivity contribution in [2.45, 2.75) is 33.3 Å². The van der Waals surface area contributed by atoms with Crippen molar-refractivity contribution in [1.82, 2.24) is 0 Å². The molecular formula is C21H20O4. The van der Waals surface area contributed by atoms with Crippen molar-refractivity contribution >= 4 is 17.3 Å². The van der Waals surface area contributed by atoms with Crippen LogP contribution in [0.5, 0.6) is 5.75 Å². The van der Waals surface area contributed by atoms with Crippen LogP contribution in [0.25, 0.3) is 11.0 Å². The molecular weight excluding hydrogens is 316 g/mol. The maximum atomic E-state index is 11.9. The SMILES string of the molecule is Cc1cc2oc(=O)cc(COc3ccc(C=O)cc3)c2cc1C(C)C. The molecule has 0 radical (unpaired) electrons. The van der Waals surface area contributed by atoms with Crippen molar-refractivity contribution in [2.24, 2.45) is 0 Å². The predicted molar refractivity (Wildman–Crippen MR) is 97.5 cm³/mol. The second-order valence-corrected chi connectivity index (χ2v) is 6.43. The van der Waals surface area contributed by atoms with Gasteiger partial charge in [-0.2, -0.15) is 0 Å². The molecule has 4 heteroatoms. The van der Waals surface area contributed by atoms with Crippen LogP contribution in [-0.4, -0.2) is 6.29 Å². The van der Waals surface area contributed by atoms with Gasteiger partial charge in [0.05, 0.1) is 0 Å². The molecule has 0 fully saturated rings. The Hall–Kier alpha value is -2.88. The molecule has 0 spiro atoms. The van der Waals surface area contributed by atoms with Crippen LogP contribution < -0.4 is 10.4 Å². The van der Waals surface area contributed by atoms with E-state index in [1.165, 1.54) is 11.6 Å². The van der Waals surface area contributed by atoms with E-state index in [2.05, 4.69) is 19.9 Å². The molecule has 3 rings (SSSR count). The topological polar surface area (TPSA) is 56.5 Å². The zero-order chi connectivity index (χ0) is 18.0. The number of hydrogen-bond acceptors (Lipinski definition) is 4. The van der Waals surface area contributed by atoms with Gasteiger partial charge in [-0.1, -0.05) is 13.8 Å². The Kier molecular flexibility index (Phi) is 4.70. The van der Waals surface area contributed by atoms with E-state index in [-0.39, 0.29) is 12.2 Å². The van der Waals surface area contributed by atoms with Crippen molar-refractivity contribution < 1.29 is 13.9 Å². The van der Waals surface area contributed by atoms with E-state index >= 15 is 0 Å². The lowest BCUT2D eigenvalue weighted by atomic mass is 9.95. The van der Waals surface area contributed by atoms with Crippen molar-refractivity contribution in [3.05, 3.63) is 75.1 Å². The highest BCUT2D eigenvalue weighted by Crippen LogP contribution is 2.27. The third kappa shape index (κ3) is 3.63. The molecule has 3 aromatic rings. The predicted octanol–water partition coefficient (Wildman–Crippen LogP) is 4.62. The number of carbonyl (C=O) groups excluding carboxylic acids is 1. The molecule has 0 bridgehead atoms. The Bertz CT molecular complexity index is 966. The highest BCUT2D eigenvalue weighted by Gasteiger charge is 2.12. The Morgan fingerprint density at radius 1 is 1.12 bits per heavy atom. The summed E-state index contributed by atoms with van der Waals surface area (Å²) in [6.45, 7) is 6.55. The zero-order valence-electron chi connectivity index (χ0n) is 14.5. The molecule has 0 saturated carbocycles. The monoisotopic (exact) mass is 336 g/mol. The molecule has 0 amide bonds. The fraction of sp³-hybridized carbons (Fsp3) is 0.238. The van der Waals surface area contributed by atoms with Crippen molar-refractivity contribution in [3.63, 3.8) is 0 Å². The summed E-state index contributed by atoms with van der Waals surface area (Å²) >= 11 is 0. The van der Waals surface area contributed by atoms with E-state index in [0.717, 1.165) is 22.8 Å². The van der Waals surface area contributed by atoms with Gasteiger partial charge in [0, 0.05) is 22.6 Å². The van der Waals surface area contributed by atoms with Crippen molar-refractivity contribution in [1.29, 1.82) is 0 Å². The summed E-state index contributed by atoms with van der Waals surface area (Å²) < 4.78 is 11.1. The molecule has 4 nitrogen and oxygen atoms in total. The highest BCUT2D eigenvalue weighted by atomic mass is 16.5. The number of carbonyl (C=O) groups is 1. The summed E-state index contributed by atoms with van der Waals surface area (Å²) in [6, 6.07) is 12.3. The van der Waals surface area contributed by atoms with Crippen LogP contribution in [0.3, 0.4) is 0 Å². The molecule has 128 valence electrons. The van der Waals surface area contributed by atoms with Crippen LogP contribution in [0.1, 0.15) is 46.8 Å². The standard InChI is InChI=1S/C21H20O4/c1-13(2)18-10-19-16(9-21(23)25-20(19)8-14(18)3)12-24-17-6-4-15(11-22)5-7-17/h4-11,13H,12H2,1-3H3. The lowest BCUT2D eigenvalue weighted by Gasteiger charge is -2.13. The number of benzene rings is 2. The molecule has 0 N–H and O–H groups in total. The lowest BCUT2D eigenvalue weighted by molar-refractivity contribution is 0.112. The second kappa shape index (κ2) is 6.93. The first kappa shape index (κ1) is 17.0. The van der Waals surface area contributed by atoms with Gasteiger partial charge in [0.1, 0.15) is 24.2 Å². The molecule has 0 aliphatic rings. The maximum Gasteiger partial charge on any atom is 0.336 e. The summed E-state index contributed by atoms with van der Waals surface area (Å²) in [6.07, 6.45) is 0.787. The van der Waals surface area contributed by atoms with E-state index in [0.29, 0.717) is 22.8 Å². The van der Waals surface area contributed by atoms with Crippen molar-refractivity contribution in [2.75, 3.05) is 0 Å². The van der Waals surface area contributed by atoms with E-state index in [4.69, 9.17) is 9.15 Å². The van der Waals surface area contributed by atoms with E-state index in [9.17, 15) is 9.59 Å². The van der Waals surface area contributed by atoms with Gasteiger partial charge in [0.2, 0.25) is 0 Å². The molecule has 2 aromatic carbocycles. The molecule has 1 heterocycles. The normalized spacial score (nSPS) is 11.0. The van der Waals surface area contributed by atoms with Crippen LogP contribution >= 0.6 is 0 Å². The minimum atomic E-state index is -0.390. The van der Waals surface area contributed by atoms with Gasteiger partial charge in [0.25, 0.3) is 0 Å². The van der Waals surface area contributed by atoms with E-state index in [1.807, 2.05) is 13.0 Å². The number of hydrogen-bond donors (Lipinski definition) is 0. The molecule has 0 atom stereocenters. The van der Waals surface area contributed by atoms with E-state index in [1.54, 1.807) is 24.3 Å². The molecule has 1 aromatic heterocycles.